The van der Waals surface area contributed by atoms with Crippen LogP contribution in [-0.2, 0) is 19.2 Å². The van der Waals surface area contributed by atoms with Crippen LogP contribution in [0.25, 0.3) is 0 Å². The summed E-state index contributed by atoms with van der Waals surface area (Å²) in [5.41, 5.74) is 0. The first-order chi connectivity index (χ1) is 11.4. The molecule has 0 saturated carbocycles. The van der Waals surface area contributed by atoms with Crippen LogP contribution in [0.15, 0.2) is 72.9 Å². The van der Waals surface area contributed by atoms with Crippen LogP contribution < -0.4 is 0 Å². The fourth-order valence-electron chi connectivity index (χ4n) is 1.33. The number of allylic oxidation sites excluding steroid dienone is 8. The third-order valence-electron chi connectivity index (χ3n) is 2.50. The molecule has 0 unspecified atom stereocenters. The topological polar surface area (TPSA) is 109 Å². The Labute approximate surface area is 148 Å². The number of ketones is 4. The molecular formula is C19H20O6+2. The van der Waals surface area contributed by atoms with Gasteiger partial charge < -0.3 is 10.2 Å². The zero-order chi connectivity index (χ0) is 17.9. The van der Waals surface area contributed by atoms with Crippen molar-refractivity contribution in [1.82, 2.24) is 0 Å². The van der Waals surface area contributed by atoms with Crippen LogP contribution in [-0.4, -0.2) is 33.3 Å². The van der Waals surface area contributed by atoms with Gasteiger partial charge in [-0.15, -0.1) is 0 Å². The minimum absolute atomic E-state index is 0. The van der Waals surface area contributed by atoms with Crippen molar-refractivity contribution in [3.05, 3.63) is 72.9 Å². The summed E-state index contributed by atoms with van der Waals surface area (Å²) in [5, 5.41) is 17.3. The van der Waals surface area contributed by atoms with Crippen LogP contribution in [0.2, 0.25) is 0 Å². The summed E-state index contributed by atoms with van der Waals surface area (Å²) >= 11 is 0. The van der Waals surface area contributed by atoms with Crippen molar-refractivity contribution >= 4 is 23.1 Å². The smallest absolute Gasteiger partial charge is 0.508 e. The molecule has 6 nitrogen and oxygen atoms in total. The summed E-state index contributed by atoms with van der Waals surface area (Å²) in [4.78, 5) is 41.1. The molecule has 0 bridgehead atoms. The highest BCUT2D eigenvalue weighted by atomic mass is 16.3. The van der Waals surface area contributed by atoms with E-state index in [0.29, 0.717) is 0 Å². The van der Waals surface area contributed by atoms with E-state index in [1.807, 2.05) is 0 Å². The highest BCUT2D eigenvalue weighted by Gasteiger charge is 1.98. The Morgan fingerprint density at radius 3 is 0.800 bits per heavy atom. The SMILES string of the molecule is C.O=C1C=CC(=O)C=C1.O=C1C=CC(=O)C=C1.Oc1ccc(O)cc1.[H+].[H+]. The predicted octanol–water partition coefficient (Wildman–Crippen LogP) is 2.46. The van der Waals surface area contributed by atoms with Gasteiger partial charge in [0.25, 0.3) is 0 Å². The van der Waals surface area contributed by atoms with E-state index < -0.39 is 0 Å². The number of benzene rings is 1. The standard InChI is InChI=1S/C6H6O2.2C6H4O2.CH4/c3*7-5-1-2-6(8)4-3-5;/h1-4,7-8H;2*1-4H;1H4/p+2. The molecule has 0 aliphatic heterocycles. The molecule has 1 aromatic carbocycles. The van der Waals surface area contributed by atoms with E-state index in [1.54, 1.807) is 0 Å². The van der Waals surface area contributed by atoms with Crippen LogP contribution in [0, 0.1) is 0 Å². The number of aromatic hydroxyl groups is 2. The van der Waals surface area contributed by atoms with Crippen molar-refractivity contribution in [1.29, 1.82) is 0 Å². The summed E-state index contributed by atoms with van der Waals surface area (Å²) < 4.78 is 0. The summed E-state index contributed by atoms with van der Waals surface area (Å²) in [6, 6.07) is 5.70. The molecule has 0 spiro atoms. The molecule has 0 saturated heterocycles. The van der Waals surface area contributed by atoms with Crippen molar-refractivity contribution in [3.8, 4) is 11.5 Å². The number of phenols is 2. The molecule has 2 N–H and O–H groups in total. The van der Waals surface area contributed by atoms with Crippen LogP contribution in [0.5, 0.6) is 11.5 Å². The molecule has 0 heterocycles. The van der Waals surface area contributed by atoms with Crippen molar-refractivity contribution < 1.29 is 32.2 Å². The maximum Gasteiger partial charge on any atom is 1.00 e. The Balaban J connectivity index is -0.000000303. The van der Waals surface area contributed by atoms with E-state index in [2.05, 4.69) is 0 Å². The molecule has 2 aliphatic rings. The second-order valence-corrected chi connectivity index (χ2v) is 4.46. The molecule has 0 amide bonds. The third kappa shape index (κ3) is 9.96. The summed E-state index contributed by atoms with van der Waals surface area (Å²) in [5.74, 6) is -0.144. The number of hydrogen-bond donors (Lipinski definition) is 2. The van der Waals surface area contributed by atoms with E-state index in [1.165, 1.54) is 72.9 Å². The normalized spacial score (nSPS) is 14.1. The molecule has 1 aromatic rings. The van der Waals surface area contributed by atoms with Crippen LogP contribution in [0.3, 0.4) is 0 Å². The van der Waals surface area contributed by atoms with Gasteiger partial charge in [0, 0.05) is 0 Å². The first-order valence-electron chi connectivity index (χ1n) is 6.73. The number of rotatable bonds is 0. The van der Waals surface area contributed by atoms with Gasteiger partial charge in [0.05, 0.1) is 0 Å². The maximum atomic E-state index is 10.3. The van der Waals surface area contributed by atoms with Gasteiger partial charge in [0.2, 0.25) is 0 Å². The highest BCUT2D eigenvalue weighted by molar-refractivity contribution is 6.14. The Morgan fingerprint density at radius 2 is 0.640 bits per heavy atom. The second-order valence-electron chi connectivity index (χ2n) is 4.46. The zero-order valence-corrected chi connectivity index (χ0v) is 12.5. The van der Waals surface area contributed by atoms with E-state index in [-0.39, 0.29) is 44.9 Å². The quantitative estimate of drug-likeness (QED) is 0.553. The van der Waals surface area contributed by atoms with Gasteiger partial charge in [0.15, 0.2) is 23.1 Å². The predicted molar refractivity (Wildman–Crippen MR) is 95.3 cm³/mol. The second kappa shape index (κ2) is 11.1. The van der Waals surface area contributed by atoms with Gasteiger partial charge in [-0.1, -0.05) is 7.43 Å². The lowest BCUT2D eigenvalue weighted by Crippen LogP contribution is -1.97. The first kappa shape index (κ1) is 21.5. The van der Waals surface area contributed by atoms with Gasteiger partial charge in [0.1, 0.15) is 11.5 Å². The lowest BCUT2D eigenvalue weighted by molar-refractivity contribution is -0.113. The zero-order valence-electron chi connectivity index (χ0n) is 14.5. The van der Waals surface area contributed by atoms with E-state index in [0.717, 1.165) is 0 Å². The summed E-state index contributed by atoms with van der Waals surface area (Å²) in [6.07, 6.45) is 10.0. The van der Waals surface area contributed by atoms with Gasteiger partial charge in [-0.25, -0.2) is 0 Å². The van der Waals surface area contributed by atoms with Crippen molar-refractivity contribution in [2.24, 2.45) is 0 Å². The van der Waals surface area contributed by atoms with Gasteiger partial charge >= 0.3 is 2.85 Å². The molecule has 0 aromatic heterocycles. The maximum absolute atomic E-state index is 10.3. The molecule has 0 atom stereocenters. The number of phenolic OH excluding ortho intramolecular Hbond substituents is 2. The van der Waals surface area contributed by atoms with Crippen molar-refractivity contribution in [3.63, 3.8) is 0 Å². The molecule has 6 heteroatoms. The van der Waals surface area contributed by atoms with Crippen LogP contribution in [0.4, 0.5) is 0 Å². The van der Waals surface area contributed by atoms with Gasteiger partial charge in [-0.05, 0) is 72.9 Å². The Hall–Kier alpha value is -3.54. The van der Waals surface area contributed by atoms with Crippen molar-refractivity contribution in [2.45, 2.75) is 7.43 Å². The molecule has 130 valence electrons. The fraction of sp³-hybridized carbons (Fsp3) is 0.0526. The molecular weight excluding hydrogens is 324 g/mol. The van der Waals surface area contributed by atoms with Crippen LogP contribution >= 0.6 is 0 Å². The first-order valence-corrected chi connectivity index (χ1v) is 6.73. The van der Waals surface area contributed by atoms with E-state index in [9.17, 15) is 19.2 Å². The number of carbonyl (C=O) groups excluding carboxylic acids is 4. The van der Waals surface area contributed by atoms with Crippen LogP contribution in [0.1, 0.15) is 10.3 Å². The number of carbonyl (C=O) groups is 4. The van der Waals surface area contributed by atoms with E-state index in [4.69, 9.17) is 10.2 Å². The average Bonchev–Trinajstić information content (AvgIpc) is 2.57. The Bertz CT molecular complexity index is 618. The minimum atomic E-state index is -0.121. The largest absolute Gasteiger partial charge is 1.00 e. The Morgan fingerprint density at radius 1 is 0.480 bits per heavy atom. The molecule has 0 fully saturated rings. The Kier molecular flexibility index (Phi) is 9.50. The highest BCUT2D eigenvalue weighted by Crippen LogP contribution is 2.13. The molecule has 3 rings (SSSR count). The molecule has 0 radical (unpaired) electrons. The van der Waals surface area contributed by atoms with Gasteiger partial charge in [-0.2, -0.15) is 0 Å². The third-order valence-corrected chi connectivity index (χ3v) is 2.50. The summed E-state index contributed by atoms with van der Waals surface area (Å²) in [6.45, 7) is 0. The summed E-state index contributed by atoms with van der Waals surface area (Å²) in [7, 11) is 0. The van der Waals surface area contributed by atoms with Gasteiger partial charge in [-0.3, -0.25) is 19.2 Å². The molecule has 25 heavy (non-hydrogen) atoms. The fourth-order valence-corrected chi connectivity index (χ4v) is 1.33. The number of hydrogen-bond acceptors (Lipinski definition) is 6. The monoisotopic (exact) mass is 344 g/mol. The average molecular weight is 344 g/mol. The van der Waals surface area contributed by atoms with Crippen molar-refractivity contribution in [2.75, 3.05) is 0 Å². The lowest BCUT2D eigenvalue weighted by atomic mass is 10.2. The van der Waals surface area contributed by atoms with E-state index >= 15 is 0 Å². The lowest BCUT2D eigenvalue weighted by Gasteiger charge is -1.88. The molecule has 2 aliphatic carbocycles. The minimum Gasteiger partial charge on any atom is -0.508 e.